The highest BCUT2D eigenvalue weighted by Crippen LogP contribution is 2.36. The van der Waals surface area contributed by atoms with Gasteiger partial charge in [0.05, 0.1) is 30.3 Å². The first-order chi connectivity index (χ1) is 33.5. The van der Waals surface area contributed by atoms with Crippen LogP contribution in [0.25, 0.3) is 0 Å². The Morgan fingerprint density at radius 2 is 1.15 bits per heavy atom. The smallest absolute Gasteiger partial charge is 0.202 e. The molecule has 0 aliphatic heterocycles. The van der Waals surface area contributed by atoms with E-state index >= 15 is 0 Å². The van der Waals surface area contributed by atoms with Crippen LogP contribution in [-0.2, 0) is 38.4 Å². The minimum Gasteiger partial charge on any atom is -0.508 e. The summed E-state index contributed by atoms with van der Waals surface area (Å²) in [7, 11) is 5.28. The van der Waals surface area contributed by atoms with Crippen LogP contribution >= 0.6 is 0 Å². The largest absolute Gasteiger partial charge is 0.508 e. The predicted octanol–water partition coefficient (Wildman–Crippen LogP) is 7.01. The van der Waals surface area contributed by atoms with Gasteiger partial charge in [-0.2, -0.15) is 0 Å². The fraction of sp³-hybridized carbons (Fsp3) is 0.368. The zero-order valence-electron chi connectivity index (χ0n) is 43.4. The zero-order chi connectivity index (χ0) is 52.9. The molecule has 0 atom stereocenters. The molecule has 4 aromatic rings. The van der Waals surface area contributed by atoms with Crippen LogP contribution in [0, 0.1) is 27.7 Å². The summed E-state index contributed by atoms with van der Waals surface area (Å²) in [5.74, 6) is -0.336. The molecule has 0 saturated carbocycles. The number of ketones is 4. The van der Waals surface area contributed by atoms with Crippen molar-refractivity contribution in [1.82, 2.24) is 9.80 Å². The van der Waals surface area contributed by atoms with Crippen molar-refractivity contribution in [2.45, 2.75) is 80.7 Å². The molecule has 0 heterocycles. The van der Waals surface area contributed by atoms with Crippen LogP contribution in [0.15, 0.2) is 108 Å². The van der Waals surface area contributed by atoms with Crippen LogP contribution in [0.5, 0.6) is 11.5 Å². The fourth-order valence-corrected chi connectivity index (χ4v) is 8.41. The summed E-state index contributed by atoms with van der Waals surface area (Å²) in [6, 6.07) is 19.4. The minimum absolute atomic E-state index is 0.0254. The summed E-state index contributed by atoms with van der Waals surface area (Å²) in [5.41, 5.74) is 24.6. The Bertz CT molecular complexity index is 2710. The number of nitrogens with two attached hydrogens (primary N) is 2. The van der Waals surface area contributed by atoms with E-state index in [1.807, 2.05) is 71.0 Å². The topological polar surface area (TPSA) is 214 Å². The second kappa shape index (κ2) is 25.6. The second-order valence-corrected chi connectivity index (χ2v) is 18.4. The number of benzene rings is 4. The standard InChI is InChI=1S/C20H26N2O2.C19H24N2O3.C18H24N2O3/c1-6-22(14(2)3)17-9-7-15(8-10-17)11-16-12-20(24)18(21(4)5)13-19(16)23;1-4-21(5-6-22)17-11-18(23)15(10-19(17)24)9-14-7-13(3)16(20)8-12(14)2;1-11-12(2)15(19)5-4-13(11)8-14-9-18(23)16(10-17(14)22)20(3)6-7-21/h7-10,12-14H,6,11H2,1-5H3;7-8,10-11,22H,4-6,9,20H2,1-3H3;4-5,9-10,21-23H,6-8,19H2,1-3H3. The van der Waals surface area contributed by atoms with Crippen LogP contribution in [0.1, 0.15) is 72.2 Å². The van der Waals surface area contributed by atoms with Gasteiger partial charge in [0, 0.05) is 125 Å². The van der Waals surface area contributed by atoms with Gasteiger partial charge in [-0.05, 0) is 137 Å². The summed E-state index contributed by atoms with van der Waals surface area (Å²) < 4.78 is 0. The lowest BCUT2D eigenvalue weighted by atomic mass is 9.91. The Morgan fingerprint density at radius 1 is 0.563 bits per heavy atom. The van der Waals surface area contributed by atoms with Gasteiger partial charge >= 0.3 is 0 Å². The molecule has 0 unspecified atom stereocenters. The number of hydrogen-bond donors (Lipinski definition) is 6. The van der Waals surface area contributed by atoms with E-state index < -0.39 is 0 Å². The van der Waals surface area contributed by atoms with Crippen molar-refractivity contribution in [3.63, 3.8) is 0 Å². The number of aliphatic hydroxyl groups is 2. The number of nitrogen functional groups attached to an aromatic ring is 2. The third-order valence-corrected chi connectivity index (χ3v) is 12.9. The van der Waals surface area contributed by atoms with Crippen LogP contribution in [-0.4, -0.2) is 120 Å². The molecule has 0 spiro atoms. The molecule has 0 fully saturated rings. The lowest BCUT2D eigenvalue weighted by Gasteiger charge is -2.27. The second-order valence-electron chi connectivity index (χ2n) is 18.4. The Labute approximate surface area is 419 Å². The Hall–Kier alpha value is -7.16. The number of nitrogens with zero attached hydrogens (tertiary/aromatic N) is 4. The van der Waals surface area contributed by atoms with Crippen molar-refractivity contribution < 1.29 is 39.6 Å². The van der Waals surface area contributed by atoms with Crippen molar-refractivity contribution in [1.29, 1.82) is 0 Å². The fourth-order valence-electron chi connectivity index (χ4n) is 8.41. The van der Waals surface area contributed by atoms with Gasteiger partial charge in [0.15, 0.2) is 11.6 Å². The van der Waals surface area contributed by atoms with E-state index in [1.54, 1.807) is 41.9 Å². The highest BCUT2D eigenvalue weighted by Gasteiger charge is 2.25. The highest BCUT2D eigenvalue weighted by molar-refractivity contribution is 6.20. The van der Waals surface area contributed by atoms with Crippen LogP contribution in [0.4, 0.5) is 22.7 Å². The van der Waals surface area contributed by atoms with Crippen molar-refractivity contribution in [3.8, 4) is 11.5 Å². The molecule has 6 rings (SSSR count). The zero-order valence-corrected chi connectivity index (χ0v) is 43.4. The molecule has 14 heteroatoms. The molecule has 0 aromatic heterocycles. The van der Waals surface area contributed by atoms with Gasteiger partial charge in [0.25, 0.3) is 0 Å². The summed E-state index contributed by atoms with van der Waals surface area (Å²) >= 11 is 0. The highest BCUT2D eigenvalue weighted by atomic mass is 16.3. The monoisotopic (exact) mass is 971 g/mol. The van der Waals surface area contributed by atoms with Gasteiger partial charge < -0.3 is 51.5 Å². The number of aliphatic hydroxyl groups excluding tert-OH is 2. The maximum atomic E-state index is 12.4. The van der Waals surface area contributed by atoms with Crippen molar-refractivity contribution >= 4 is 45.9 Å². The number of allylic oxidation sites excluding steroid dienone is 6. The van der Waals surface area contributed by atoms with Gasteiger partial charge in [-0.1, -0.05) is 24.3 Å². The molecule has 8 N–H and O–H groups in total. The van der Waals surface area contributed by atoms with Crippen molar-refractivity contribution in [2.75, 3.05) is 81.8 Å². The average Bonchev–Trinajstić information content (AvgIpc) is 3.31. The van der Waals surface area contributed by atoms with E-state index in [2.05, 4.69) is 37.8 Å². The van der Waals surface area contributed by atoms with Gasteiger partial charge in [-0.15, -0.1) is 0 Å². The van der Waals surface area contributed by atoms with Crippen LogP contribution < -0.4 is 21.3 Å². The first-order valence-electron chi connectivity index (χ1n) is 24.0. The number of aryl methyl sites for hydroxylation is 2. The minimum atomic E-state index is -0.190. The molecule has 0 bridgehead atoms. The van der Waals surface area contributed by atoms with E-state index in [4.69, 9.17) is 21.7 Å². The van der Waals surface area contributed by atoms with Crippen LogP contribution in [0.3, 0.4) is 0 Å². The number of carbonyl (C=O) groups excluding carboxylic acids is 4. The third kappa shape index (κ3) is 14.7. The average molecular weight is 971 g/mol. The van der Waals surface area contributed by atoms with Gasteiger partial charge in [-0.3, -0.25) is 19.2 Å². The normalized spacial score (nSPS) is 13.3. The molecule has 0 radical (unpaired) electrons. The molecule has 0 amide bonds. The third-order valence-electron chi connectivity index (χ3n) is 12.9. The molecule has 2 aliphatic carbocycles. The van der Waals surface area contributed by atoms with Crippen molar-refractivity contribution in [3.05, 3.63) is 152 Å². The molecule has 2 aliphatic rings. The predicted molar refractivity (Wildman–Crippen MR) is 286 cm³/mol. The number of rotatable bonds is 17. The number of anilines is 4. The van der Waals surface area contributed by atoms with Crippen LogP contribution in [0.2, 0.25) is 0 Å². The molecule has 4 aromatic carbocycles. The Balaban J connectivity index is 0.000000231. The summed E-state index contributed by atoms with van der Waals surface area (Å²) in [4.78, 5) is 56.5. The maximum Gasteiger partial charge on any atom is 0.202 e. The quantitative estimate of drug-likeness (QED) is 0.0357. The molecule has 0 saturated heterocycles. The SMILES string of the molecule is CCN(CCO)C1=CC(=O)C(Cc2cc(C)c(N)cc2C)=CC1=O.CCN(c1ccc(CC2=CC(=O)C(N(C)C)=CC2=O)cc1)C(C)C.Cc1c(N)ccc(Cc2cc(O)c(N(C)CCO)cc2O)c1C. The van der Waals surface area contributed by atoms with E-state index in [-0.39, 0.29) is 47.8 Å². The molecule has 71 heavy (non-hydrogen) atoms. The van der Waals surface area contributed by atoms with E-state index in [0.717, 1.165) is 56.9 Å². The summed E-state index contributed by atoms with van der Waals surface area (Å²) in [5, 5.41) is 38.6. The number of carbonyl (C=O) groups is 4. The van der Waals surface area contributed by atoms with E-state index in [1.165, 1.54) is 36.1 Å². The first-order valence-corrected chi connectivity index (χ1v) is 24.0. The van der Waals surface area contributed by atoms with E-state index in [0.29, 0.717) is 78.7 Å². The lowest BCUT2D eigenvalue weighted by molar-refractivity contribution is -0.116. The molecular weight excluding hydrogens is 897 g/mol. The van der Waals surface area contributed by atoms with Gasteiger partial charge in [0.2, 0.25) is 11.6 Å². The van der Waals surface area contributed by atoms with E-state index in [9.17, 15) is 29.4 Å². The summed E-state index contributed by atoms with van der Waals surface area (Å²) in [6.45, 7) is 18.3. The molecule has 380 valence electrons. The number of likely N-dealkylation sites (N-methyl/N-ethyl adjacent to an activating group) is 3. The maximum absolute atomic E-state index is 12.4. The molecular formula is C57H74N6O8. The molecule has 14 nitrogen and oxygen atoms in total. The lowest BCUT2D eigenvalue weighted by Crippen LogP contribution is -2.32. The number of hydrogen-bond acceptors (Lipinski definition) is 14. The van der Waals surface area contributed by atoms with Gasteiger partial charge in [-0.25, -0.2) is 0 Å². The summed E-state index contributed by atoms with van der Waals surface area (Å²) in [6.07, 6.45) is 7.11. The Kier molecular flexibility index (Phi) is 20.4. The first kappa shape index (κ1) is 56.4. The number of phenols is 2. The van der Waals surface area contributed by atoms with Gasteiger partial charge in [0.1, 0.15) is 11.5 Å². The van der Waals surface area contributed by atoms with Crippen molar-refractivity contribution in [2.24, 2.45) is 0 Å². The number of aromatic hydroxyl groups is 2. The Morgan fingerprint density at radius 3 is 1.72 bits per heavy atom. The number of phenolic OH excluding ortho intramolecular Hbond substituents is 2.